The highest BCUT2D eigenvalue weighted by Gasteiger charge is 2.32. The van der Waals surface area contributed by atoms with E-state index in [0.29, 0.717) is 30.9 Å². The molecule has 0 aromatic heterocycles. The average molecular weight is 280 g/mol. The highest BCUT2D eigenvalue weighted by molar-refractivity contribution is 7.89. The van der Waals surface area contributed by atoms with Gasteiger partial charge >= 0.3 is 0 Å². The van der Waals surface area contributed by atoms with E-state index in [1.54, 1.807) is 19.1 Å². The van der Waals surface area contributed by atoms with E-state index in [2.05, 4.69) is 0 Å². The Bertz CT molecular complexity index is 619. The Kier molecular flexibility index (Phi) is 3.90. The number of benzene rings is 1. The van der Waals surface area contributed by atoms with Crippen molar-refractivity contribution in [3.05, 3.63) is 29.3 Å². The summed E-state index contributed by atoms with van der Waals surface area (Å²) in [5.74, 6) is 0. The molecule has 0 N–H and O–H groups in total. The lowest BCUT2D eigenvalue weighted by Gasteiger charge is -2.32. The van der Waals surface area contributed by atoms with Crippen LogP contribution in [0.15, 0.2) is 23.1 Å². The SMILES string of the molecule is Cc1ccc(C#N)cc1S(=O)(=O)N1CCOC[C@H]1C. The van der Waals surface area contributed by atoms with Gasteiger partial charge in [-0.2, -0.15) is 9.57 Å². The summed E-state index contributed by atoms with van der Waals surface area (Å²) in [6.07, 6.45) is 0. The summed E-state index contributed by atoms with van der Waals surface area (Å²) >= 11 is 0. The van der Waals surface area contributed by atoms with Crippen molar-refractivity contribution in [2.45, 2.75) is 24.8 Å². The van der Waals surface area contributed by atoms with Crippen molar-refractivity contribution >= 4 is 10.0 Å². The van der Waals surface area contributed by atoms with Gasteiger partial charge in [0, 0.05) is 12.6 Å². The largest absolute Gasteiger partial charge is 0.378 e. The molecule has 0 radical (unpaired) electrons. The molecule has 0 unspecified atom stereocenters. The van der Waals surface area contributed by atoms with E-state index in [1.807, 2.05) is 13.0 Å². The van der Waals surface area contributed by atoms with Crippen LogP contribution in [0.4, 0.5) is 0 Å². The predicted molar refractivity (Wildman–Crippen MR) is 70.1 cm³/mol. The summed E-state index contributed by atoms with van der Waals surface area (Å²) in [5.41, 5.74) is 1.00. The molecule has 1 heterocycles. The van der Waals surface area contributed by atoms with Crippen molar-refractivity contribution < 1.29 is 13.2 Å². The van der Waals surface area contributed by atoms with Crippen LogP contribution < -0.4 is 0 Å². The van der Waals surface area contributed by atoms with Crippen LogP contribution in [0.5, 0.6) is 0 Å². The molecular weight excluding hydrogens is 264 g/mol. The van der Waals surface area contributed by atoms with Gasteiger partial charge in [0.1, 0.15) is 0 Å². The molecule has 0 saturated carbocycles. The second kappa shape index (κ2) is 5.29. The molecule has 0 aliphatic carbocycles. The van der Waals surface area contributed by atoms with Gasteiger partial charge in [0.05, 0.1) is 29.7 Å². The fourth-order valence-corrected chi connectivity index (χ4v) is 4.00. The molecule has 0 bridgehead atoms. The van der Waals surface area contributed by atoms with Gasteiger partial charge < -0.3 is 4.74 Å². The second-order valence-electron chi connectivity index (χ2n) is 4.63. The van der Waals surface area contributed by atoms with E-state index in [1.165, 1.54) is 10.4 Å². The van der Waals surface area contributed by atoms with Crippen LogP contribution in [-0.2, 0) is 14.8 Å². The summed E-state index contributed by atoms with van der Waals surface area (Å²) in [4.78, 5) is 0.209. The van der Waals surface area contributed by atoms with E-state index in [4.69, 9.17) is 10.00 Å². The van der Waals surface area contributed by atoms with Crippen LogP contribution in [0.1, 0.15) is 18.1 Å². The molecular formula is C13H16N2O3S. The summed E-state index contributed by atoms with van der Waals surface area (Å²) in [7, 11) is -3.57. The Morgan fingerprint density at radius 2 is 2.21 bits per heavy atom. The number of aryl methyl sites for hydroxylation is 1. The predicted octanol–water partition coefficient (Wildman–Crippen LogP) is 1.28. The van der Waals surface area contributed by atoms with Gasteiger partial charge in [-0.1, -0.05) is 6.07 Å². The van der Waals surface area contributed by atoms with E-state index in [9.17, 15) is 8.42 Å². The van der Waals surface area contributed by atoms with E-state index in [0.717, 1.165) is 0 Å². The molecule has 2 rings (SSSR count). The zero-order chi connectivity index (χ0) is 14.0. The normalized spacial score (nSPS) is 21.0. The van der Waals surface area contributed by atoms with E-state index < -0.39 is 10.0 Å². The van der Waals surface area contributed by atoms with Crippen molar-refractivity contribution in [3.8, 4) is 6.07 Å². The lowest BCUT2D eigenvalue weighted by atomic mass is 10.2. The zero-order valence-corrected chi connectivity index (χ0v) is 11.8. The quantitative estimate of drug-likeness (QED) is 0.818. The third-order valence-electron chi connectivity index (χ3n) is 3.21. The maximum Gasteiger partial charge on any atom is 0.243 e. The summed E-state index contributed by atoms with van der Waals surface area (Å²) < 4.78 is 32.0. The average Bonchev–Trinajstić information content (AvgIpc) is 2.39. The van der Waals surface area contributed by atoms with Crippen LogP contribution >= 0.6 is 0 Å². The maximum atomic E-state index is 12.6. The van der Waals surface area contributed by atoms with Crippen molar-refractivity contribution in [1.82, 2.24) is 4.31 Å². The smallest absolute Gasteiger partial charge is 0.243 e. The fraction of sp³-hybridized carbons (Fsp3) is 0.462. The van der Waals surface area contributed by atoms with Crippen LogP contribution in [0, 0.1) is 18.3 Å². The van der Waals surface area contributed by atoms with Gasteiger partial charge in [-0.3, -0.25) is 0 Å². The first kappa shape index (κ1) is 14.0. The zero-order valence-electron chi connectivity index (χ0n) is 11.0. The Labute approximate surface area is 113 Å². The highest BCUT2D eigenvalue weighted by atomic mass is 32.2. The van der Waals surface area contributed by atoms with Gasteiger partial charge in [0.25, 0.3) is 0 Å². The minimum atomic E-state index is -3.57. The maximum absolute atomic E-state index is 12.6. The summed E-state index contributed by atoms with van der Waals surface area (Å²) in [5, 5.41) is 8.90. The molecule has 1 aliphatic rings. The number of nitriles is 1. The van der Waals surface area contributed by atoms with Gasteiger partial charge in [0.2, 0.25) is 10.0 Å². The number of ether oxygens (including phenoxy) is 1. The summed E-state index contributed by atoms with van der Waals surface area (Å²) in [6, 6.07) is 6.51. The topological polar surface area (TPSA) is 70.4 Å². The molecule has 1 aromatic carbocycles. The van der Waals surface area contributed by atoms with Crippen molar-refractivity contribution in [1.29, 1.82) is 5.26 Å². The van der Waals surface area contributed by atoms with Crippen LogP contribution in [0.2, 0.25) is 0 Å². The Morgan fingerprint density at radius 1 is 1.47 bits per heavy atom. The summed E-state index contributed by atoms with van der Waals surface area (Å²) in [6.45, 7) is 4.70. The van der Waals surface area contributed by atoms with Crippen molar-refractivity contribution in [2.24, 2.45) is 0 Å². The first-order chi connectivity index (χ1) is 8.96. The Hall–Kier alpha value is -1.42. The molecule has 6 heteroatoms. The van der Waals surface area contributed by atoms with E-state index in [-0.39, 0.29) is 10.9 Å². The monoisotopic (exact) mass is 280 g/mol. The molecule has 1 atom stereocenters. The molecule has 102 valence electrons. The minimum Gasteiger partial charge on any atom is -0.378 e. The third-order valence-corrected chi connectivity index (χ3v) is 5.37. The molecule has 19 heavy (non-hydrogen) atoms. The van der Waals surface area contributed by atoms with Gasteiger partial charge in [-0.25, -0.2) is 8.42 Å². The third kappa shape index (κ3) is 2.63. The lowest BCUT2D eigenvalue weighted by Crippen LogP contribution is -2.47. The number of rotatable bonds is 2. The van der Waals surface area contributed by atoms with Crippen LogP contribution in [0.3, 0.4) is 0 Å². The second-order valence-corrected chi connectivity index (χ2v) is 6.49. The number of nitrogens with zero attached hydrogens (tertiary/aromatic N) is 2. The van der Waals surface area contributed by atoms with Crippen molar-refractivity contribution in [3.63, 3.8) is 0 Å². The Morgan fingerprint density at radius 3 is 2.84 bits per heavy atom. The first-order valence-corrected chi connectivity index (χ1v) is 7.51. The molecule has 5 nitrogen and oxygen atoms in total. The number of sulfonamides is 1. The van der Waals surface area contributed by atoms with Crippen LogP contribution in [-0.4, -0.2) is 38.5 Å². The fourth-order valence-electron chi connectivity index (χ4n) is 2.14. The minimum absolute atomic E-state index is 0.191. The van der Waals surface area contributed by atoms with Crippen LogP contribution in [0.25, 0.3) is 0 Å². The highest BCUT2D eigenvalue weighted by Crippen LogP contribution is 2.24. The van der Waals surface area contributed by atoms with Crippen molar-refractivity contribution in [2.75, 3.05) is 19.8 Å². The standard InChI is InChI=1S/C13H16N2O3S/c1-10-3-4-12(8-14)7-13(10)19(16,17)15-5-6-18-9-11(15)2/h3-4,7,11H,5-6,9H2,1-2H3/t11-/m1/s1. The molecule has 1 aliphatic heterocycles. The number of hydrogen-bond donors (Lipinski definition) is 0. The molecule has 1 fully saturated rings. The molecule has 0 amide bonds. The number of hydrogen-bond acceptors (Lipinski definition) is 4. The van der Waals surface area contributed by atoms with Gasteiger partial charge in [-0.15, -0.1) is 0 Å². The van der Waals surface area contributed by atoms with Gasteiger partial charge in [0.15, 0.2) is 0 Å². The molecule has 1 saturated heterocycles. The van der Waals surface area contributed by atoms with Gasteiger partial charge in [-0.05, 0) is 31.5 Å². The number of morpholine rings is 1. The van der Waals surface area contributed by atoms with E-state index >= 15 is 0 Å². The lowest BCUT2D eigenvalue weighted by molar-refractivity contribution is 0.0392. The molecule has 1 aromatic rings. The molecule has 0 spiro atoms. The Balaban J connectivity index is 2.47. The first-order valence-electron chi connectivity index (χ1n) is 6.07.